The van der Waals surface area contributed by atoms with Crippen molar-refractivity contribution in [3.05, 3.63) is 78.2 Å². The van der Waals surface area contributed by atoms with Gasteiger partial charge in [0.05, 0.1) is 36.2 Å². The molecule has 0 spiro atoms. The van der Waals surface area contributed by atoms with E-state index in [1.54, 1.807) is 23.0 Å². The van der Waals surface area contributed by atoms with Gasteiger partial charge in [0.2, 0.25) is 0 Å². The van der Waals surface area contributed by atoms with E-state index in [2.05, 4.69) is 15.1 Å². The highest BCUT2D eigenvalue weighted by molar-refractivity contribution is 8.00. The molecule has 2 aromatic heterocycles. The van der Waals surface area contributed by atoms with E-state index in [0.29, 0.717) is 6.42 Å². The van der Waals surface area contributed by atoms with Crippen LogP contribution in [0.15, 0.2) is 77.2 Å². The van der Waals surface area contributed by atoms with Crippen molar-refractivity contribution in [2.75, 3.05) is 12.9 Å². The van der Waals surface area contributed by atoms with Crippen LogP contribution in [0, 0.1) is 0 Å². The number of benzene rings is 2. The second-order valence-corrected chi connectivity index (χ2v) is 8.58. The highest BCUT2D eigenvalue weighted by Crippen LogP contribution is 2.34. The molecule has 2 aromatic carbocycles. The summed E-state index contributed by atoms with van der Waals surface area (Å²) in [6.45, 7) is 0. The van der Waals surface area contributed by atoms with E-state index >= 15 is 0 Å². The first-order valence-corrected chi connectivity index (χ1v) is 11.5. The van der Waals surface area contributed by atoms with Crippen LogP contribution >= 0.6 is 11.8 Å². The molecule has 1 unspecified atom stereocenters. The van der Waals surface area contributed by atoms with Crippen molar-refractivity contribution >= 4 is 34.4 Å². The number of amides is 1. The Kier molecular flexibility index (Phi) is 5.78. The van der Waals surface area contributed by atoms with Gasteiger partial charge in [-0.2, -0.15) is 10.2 Å². The van der Waals surface area contributed by atoms with Gasteiger partial charge in [0.1, 0.15) is 17.1 Å². The van der Waals surface area contributed by atoms with Crippen molar-refractivity contribution in [1.29, 1.82) is 0 Å². The van der Waals surface area contributed by atoms with Gasteiger partial charge >= 0.3 is 0 Å². The fraction of sp³-hybridized carbons (Fsp3) is 0.208. The number of hydrogen-bond acceptors (Lipinski definition) is 7. The Labute approximate surface area is 195 Å². The van der Waals surface area contributed by atoms with Crippen molar-refractivity contribution in [1.82, 2.24) is 24.8 Å². The summed E-state index contributed by atoms with van der Waals surface area (Å²) >= 11 is 1.37. The van der Waals surface area contributed by atoms with Crippen LogP contribution < -0.4 is 4.74 Å². The molecule has 1 aliphatic heterocycles. The molecule has 0 radical (unpaired) electrons. The Hall–Kier alpha value is -3.72. The molecule has 4 aromatic rings. The van der Waals surface area contributed by atoms with Crippen LogP contribution in [-0.4, -0.2) is 49.2 Å². The lowest BCUT2D eigenvalue weighted by atomic mass is 9.98. The maximum atomic E-state index is 13.4. The lowest BCUT2D eigenvalue weighted by Gasteiger charge is -2.22. The second-order valence-electron chi connectivity index (χ2n) is 7.62. The molecular weight excluding hydrogens is 436 g/mol. The summed E-state index contributed by atoms with van der Waals surface area (Å²) in [5, 5.41) is 12.2. The monoisotopic (exact) mass is 458 g/mol. The number of ether oxygens (including phenoxy) is 1. The summed E-state index contributed by atoms with van der Waals surface area (Å²) in [5.41, 5.74) is 3.67. The fourth-order valence-electron chi connectivity index (χ4n) is 3.88. The maximum Gasteiger partial charge on any atom is 0.253 e. The molecule has 1 aliphatic rings. The molecule has 0 bridgehead atoms. The minimum atomic E-state index is -0.178. The molecule has 0 aliphatic carbocycles. The van der Waals surface area contributed by atoms with Crippen molar-refractivity contribution in [2.45, 2.75) is 17.5 Å². The van der Waals surface area contributed by atoms with Gasteiger partial charge in [-0.15, -0.1) is 0 Å². The third-order valence-corrected chi connectivity index (χ3v) is 6.59. The van der Waals surface area contributed by atoms with Crippen LogP contribution in [0.3, 0.4) is 0 Å². The Morgan fingerprint density at radius 3 is 2.67 bits per heavy atom. The SMILES string of the molecule is COc1ccc(C2CC(c3ccccc3)=NN2C(=O)CSc2ncnc3c2cnn3C)cc1. The predicted molar refractivity (Wildman–Crippen MR) is 127 cm³/mol. The van der Waals surface area contributed by atoms with Gasteiger partial charge in [0, 0.05) is 13.5 Å². The van der Waals surface area contributed by atoms with Crippen LogP contribution in [-0.2, 0) is 11.8 Å². The Morgan fingerprint density at radius 1 is 1.12 bits per heavy atom. The molecule has 0 saturated carbocycles. The molecule has 0 N–H and O–H groups in total. The summed E-state index contributed by atoms with van der Waals surface area (Å²) in [6, 6.07) is 17.6. The molecule has 0 saturated heterocycles. The average Bonchev–Trinajstić information content (AvgIpc) is 3.48. The molecule has 5 rings (SSSR count). The van der Waals surface area contributed by atoms with Crippen LogP contribution in [0.25, 0.3) is 11.0 Å². The molecule has 8 nitrogen and oxygen atoms in total. The van der Waals surface area contributed by atoms with Gasteiger partial charge in [-0.3, -0.25) is 9.48 Å². The number of aromatic nitrogens is 4. The topological polar surface area (TPSA) is 85.5 Å². The quantitative estimate of drug-likeness (QED) is 0.322. The number of nitrogens with zero attached hydrogens (tertiary/aromatic N) is 6. The summed E-state index contributed by atoms with van der Waals surface area (Å²) in [5.74, 6) is 0.903. The van der Waals surface area contributed by atoms with Crippen LogP contribution in [0.2, 0.25) is 0 Å². The molecule has 9 heteroatoms. The minimum absolute atomic E-state index is 0.0811. The standard InChI is InChI=1S/C24H22N6O2S/c1-29-23-19(13-27-29)24(26-15-25-23)33-14-22(31)30-21(17-8-10-18(32-2)11-9-17)12-20(28-30)16-6-4-3-5-7-16/h3-11,13,15,21H,12,14H2,1-2H3. The number of thioether (sulfide) groups is 1. The zero-order chi connectivity index (χ0) is 22.8. The Bertz CT molecular complexity index is 1320. The lowest BCUT2D eigenvalue weighted by molar-refractivity contribution is -0.130. The first-order chi connectivity index (χ1) is 16.1. The zero-order valence-corrected chi connectivity index (χ0v) is 19.1. The van der Waals surface area contributed by atoms with E-state index in [-0.39, 0.29) is 17.7 Å². The minimum Gasteiger partial charge on any atom is -0.497 e. The van der Waals surface area contributed by atoms with Crippen LogP contribution in [0.4, 0.5) is 0 Å². The lowest BCUT2D eigenvalue weighted by Crippen LogP contribution is -2.28. The van der Waals surface area contributed by atoms with Crippen molar-refractivity contribution < 1.29 is 9.53 Å². The van der Waals surface area contributed by atoms with Gasteiger partial charge in [0.15, 0.2) is 5.65 Å². The number of methoxy groups -OCH3 is 1. The summed E-state index contributed by atoms with van der Waals surface area (Å²) < 4.78 is 6.98. The number of carbonyl (C=O) groups is 1. The first-order valence-electron chi connectivity index (χ1n) is 10.5. The van der Waals surface area contributed by atoms with Crippen LogP contribution in [0.5, 0.6) is 5.75 Å². The van der Waals surface area contributed by atoms with E-state index < -0.39 is 0 Å². The maximum absolute atomic E-state index is 13.4. The van der Waals surface area contributed by atoms with Crippen molar-refractivity contribution in [2.24, 2.45) is 12.1 Å². The van der Waals surface area contributed by atoms with E-state index in [4.69, 9.17) is 9.84 Å². The Morgan fingerprint density at radius 2 is 1.91 bits per heavy atom. The molecule has 0 fully saturated rings. The van der Waals surface area contributed by atoms with Gasteiger partial charge in [-0.05, 0) is 23.3 Å². The summed E-state index contributed by atoms with van der Waals surface area (Å²) in [7, 11) is 3.47. The number of fused-ring (bicyclic) bond motifs is 1. The normalized spacial score (nSPS) is 15.6. The van der Waals surface area contributed by atoms with Crippen molar-refractivity contribution in [3.63, 3.8) is 0 Å². The van der Waals surface area contributed by atoms with E-state index in [9.17, 15) is 4.79 Å². The zero-order valence-electron chi connectivity index (χ0n) is 18.3. The third kappa shape index (κ3) is 4.19. The number of rotatable bonds is 6. The second kappa shape index (κ2) is 9.03. The number of hydrazone groups is 1. The van der Waals surface area contributed by atoms with Crippen LogP contribution in [0.1, 0.15) is 23.6 Å². The van der Waals surface area contributed by atoms with Crippen molar-refractivity contribution in [3.8, 4) is 5.75 Å². The third-order valence-electron chi connectivity index (χ3n) is 5.60. The average molecular weight is 459 g/mol. The number of hydrogen-bond donors (Lipinski definition) is 0. The Balaban J connectivity index is 1.41. The van der Waals surface area contributed by atoms with Gasteiger partial charge in [-0.25, -0.2) is 15.0 Å². The molecule has 3 heterocycles. The molecule has 1 amide bonds. The van der Waals surface area contributed by atoms with Gasteiger partial charge < -0.3 is 4.74 Å². The molecule has 166 valence electrons. The fourth-order valence-corrected chi connectivity index (χ4v) is 4.70. The van der Waals surface area contributed by atoms with Gasteiger partial charge in [0.25, 0.3) is 5.91 Å². The van der Waals surface area contributed by atoms with E-state index in [0.717, 1.165) is 38.6 Å². The summed E-state index contributed by atoms with van der Waals surface area (Å²) in [6.07, 6.45) is 3.87. The number of aryl methyl sites for hydroxylation is 1. The van der Waals surface area contributed by atoms with Gasteiger partial charge in [-0.1, -0.05) is 54.2 Å². The molecule has 1 atom stereocenters. The highest BCUT2D eigenvalue weighted by Gasteiger charge is 2.33. The molecule has 33 heavy (non-hydrogen) atoms. The largest absolute Gasteiger partial charge is 0.497 e. The smallest absolute Gasteiger partial charge is 0.253 e. The number of carbonyl (C=O) groups excluding carboxylic acids is 1. The van der Waals surface area contributed by atoms with E-state index in [1.165, 1.54) is 18.1 Å². The summed E-state index contributed by atoms with van der Waals surface area (Å²) in [4.78, 5) is 22.0. The predicted octanol–water partition coefficient (Wildman–Crippen LogP) is 3.84. The van der Waals surface area contributed by atoms with E-state index in [1.807, 2.05) is 61.6 Å². The highest BCUT2D eigenvalue weighted by atomic mass is 32.2. The molecular formula is C24H22N6O2S. The first kappa shape index (κ1) is 21.1.